The van der Waals surface area contributed by atoms with Gasteiger partial charge in [0.1, 0.15) is 28.2 Å². The number of fused-ring (bicyclic) bond motifs is 4. The number of benzene rings is 1. The molecule has 14 nitrogen and oxygen atoms in total. The average Bonchev–Trinajstić information content (AvgIpc) is 3.44. The van der Waals surface area contributed by atoms with Crippen LogP contribution in [0, 0.1) is 0 Å². The number of piperidine rings is 1. The van der Waals surface area contributed by atoms with E-state index in [-0.39, 0.29) is 17.7 Å². The molecule has 14 heteroatoms. The number of carbonyl (C=O) groups excluding carboxylic acids is 4. The summed E-state index contributed by atoms with van der Waals surface area (Å²) in [5.74, 6) is -0.0409. The molecule has 4 amide bonds. The number of hydrazine groups is 1. The largest absolute Gasteiger partial charge is 0.442 e. The standard InChI is InChI=1S/C37H50N8O6/c1-35(2,3)50-33(48)44-28-22-25-23-38-32(39-26-14-12-24(13-15-26)30(46)42-20-16-27(17-21-42)41(7)8)40-29(25)43(28)37(18-10-9-11-19-37)31(47)45(44)34(49)51-36(4,5)6/h12-15,22-23,27H,9-11,16-21H2,1-8H3,(H,38,39,40). The van der Waals surface area contributed by atoms with Crippen LogP contribution < -0.4 is 10.3 Å². The molecule has 1 aromatic carbocycles. The summed E-state index contributed by atoms with van der Waals surface area (Å²) in [5, 5.41) is 5.58. The van der Waals surface area contributed by atoms with E-state index in [0.717, 1.165) is 55.2 Å². The SMILES string of the molecule is CN(C)C1CCN(C(=O)c2ccc(Nc3ncc4cc5n(c4n3)C3(CCCCC3)C(=O)N(C(=O)OC(C)(C)C)N5C(=O)OC(C)(C)C)cc2)CC1. The minimum atomic E-state index is -1.20. The van der Waals surface area contributed by atoms with Gasteiger partial charge in [0.15, 0.2) is 0 Å². The molecule has 0 radical (unpaired) electrons. The Balaban J connectivity index is 1.35. The van der Waals surface area contributed by atoms with Crippen LogP contribution in [0.3, 0.4) is 0 Å². The summed E-state index contributed by atoms with van der Waals surface area (Å²) >= 11 is 0. The molecule has 274 valence electrons. The Morgan fingerprint density at radius 1 is 0.882 bits per heavy atom. The number of aromatic nitrogens is 3. The molecule has 0 atom stereocenters. The van der Waals surface area contributed by atoms with Crippen LogP contribution in [-0.2, 0) is 19.8 Å². The maximum Gasteiger partial charge on any atom is 0.437 e. The molecule has 1 N–H and O–H groups in total. The van der Waals surface area contributed by atoms with Gasteiger partial charge in [-0.15, -0.1) is 5.01 Å². The molecule has 2 aromatic heterocycles. The van der Waals surface area contributed by atoms with Crippen LogP contribution in [0.4, 0.5) is 27.0 Å². The second-order valence-electron chi connectivity index (χ2n) is 16.0. The fourth-order valence-electron chi connectivity index (χ4n) is 7.22. The number of ether oxygens (including phenoxy) is 2. The normalized spacial score (nSPS) is 18.3. The number of anilines is 3. The third-order valence-electron chi connectivity index (χ3n) is 9.64. The molecule has 2 aliphatic heterocycles. The van der Waals surface area contributed by atoms with E-state index in [1.165, 1.54) is 0 Å². The number of hydrogen-bond acceptors (Lipinski definition) is 10. The maximum absolute atomic E-state index is 14.7. The lowest BCUT2D eigenvalue weighted by Gasteiger charge is -2.48. The van der Waals surface area contributed by atoms with Gasteiger partial charge >= 0.3 is 12.2 Å². The van der Waals surface area contributed by atoms with E-state index in [4.69, 9.17) is 14.5 Å². The fraction of sp³-hybridized carbons (Fsp3) is 0.568. The number of nitrogens with one attached hydrogen (secondary N) is 1. The lowest BCUT2D eigenvalue weighted by molar-refractivity contribution is -0.144. The molecule has 4 heterocycles. The van der Waals surface area contributed by atoms with Crippen molar-refractivity contribution in [1.29, 1.82) is 0 Å². The summed E-state index contributed by atoms with van der Waals surface area (Å²) in [7, 11) is 4.15. The number of carbonyl (C=O) groups is 4. The molecule has 0 unspecified atom stereocenters. The van der Waals surface area contributed by atoms with Crippen LogP contribution >= 0.6 is 0 Å². The van der Waals surface area contributed by atoms with Crippen molar-refractivity contribution in [2.75, 3.05) is 37.5 Å². The van der Waals surface area contributed by atoms with Gasteiger partial charge in [-0.3, -0.25) is 14.2 Å². The fourth-order valence-corrected chi connectivity index (χ4v) is 7.22. The second kappa shape index (κ2) is 13.4. The highest BCUT2D eigenvalue weighted by molar-refractivity contribution is 6.08. The van der Waals surface area contributed by atoms with Crippen molar-refractivity contribution in [3.05, 3.63) is 42.1 Å². The van der Waals surface area contributed by atoms with Gasteiger partial charge in [-0.05, 0) is 112 Å². The first-order valence-electron chi connectivity index (χ1n) is 17.8. The minimum Gasteiger partial charge on any atom is -0.442 e. The van der Waals surface area contributed by atoms with Crippen molar-refractivity contribution >= 4 is 52.5 Å². The van der Waals surface area contributed by atoms with Crippen LogP contribution in [0.1, 0.15) is 96.8 Å². The summed E-state index contributed by atoms with van der Waals surface area (Å²) in [6.45, 7) is 11.7. The Bertz CT molecular complexity index is 1810. The number of nitrogens with zero attached hydrogens (tertiary/aromatic N) is 7. The quantitative estimate of drug-likeness (QED) is 0.323. The molecular formula is C37H50N8O6. The lowest BCUT2D eigenvalue weighted by Crippen LogP contribution is -2.66. The molecule has 51 heavy (non-hydrogen) atoms. The molecule has 0 bridgehead atoms. The summed E-state index contributed by atoms with van der Waals surface area (Å²) in [4.78, 5) is 69.1. The van der Waals surface area contributed by atoms with Crippen LogP contribution in [0.25, 0.3) is 11.0 Å². The monoisotopic (exact) mass is 702 g/mol. The maximum atomic E-state index is 14.7. The molecule has 6 rings (SSSR count). The average molecular weight is 703 g/mol. The Morgan fingerprint density at radius 2 is 1.47 bits per heavy atom. The van der Waals surface area contributed by atoms with Gasteiger partial charge in [0.05, 0.1) is 0 Å². The van der Waals surface area contributed by atoms with E-state index in [1.54, 1.807) is 70.5 Å². The first kappa shape index (κ1) is 36.1. The number of hydrogen-bond donors (Lipinski definition) is 1. The molecule has 3 aromatic rings. The van der Waals surface area contributed by atoms with Crippen LogP contribution in [0.15, 0.2) is 36.5 Å². The zero-order chi connectivity index (χ0) is 36.9. The highest BCUT2D eigenvalue weighted by atomic mass is 16.6. The highest BCUT2D eigenvalue weighted by Crippen LogP contribution is 2.47. The molecule has 1 saturated heterocycles. The van der Waals surface area contributed by atoms with Gasteiger partial charge in [-0.2, -0.15) is 9.99 Å². The smallest absolute Gasteiger partial charge is 0.437 e. The van der Waals surface area contributed by atoms with Gasteiger partial charge in [-0.25, -0.2) is 14.6 Å². The summed E-state index contributed by atoms with van der Waals surface area (Å²) < 4.78 is 13.2. The van der Waals surface area contributed by atoms with Crippen molar-refractivity contribution < 1.29 is 28.7 Å². The zero-order valence-corrected chi connectivity index (χ0v) is 31.0. The van der Waals surface area contributed by atoms with E-state index in [0.29, 0.717) is 41.2 Å². The Labute approximate surface area is 299 Å². The van der Waals surface area contributed by atoms with E-state index >= 15 is 0 Å². The molecule has 1 aliphatic carbocycles. The first-order valence-corrected chi connectivity index (χ1v) is 17.8. The summed E-state index contributed by atoms with van der Waals surface area (Å²) in [6, 6.07) is 9.40. The minimum absolute atomic E-state index is 0.00801. The molecular weight excluding hydrogens is 652 g/mol. The Hall–Kier alpha value is -4.72. The van der Waals surface area contributed by atoms with E-state index < -0.39 is 34.8 Å². The predicted octanol–water partition coefficient (Wildman–Crippen LogP) is 6.43. The number of rotatable bonds is 4. The number of likely N-dealkylation sites (tertiary alicyclic amines) is 1. The van der Waals surface area contributed by atoms with Crippen molar-refractivity contribution in [2.45, 2.75) is 109 Å². The zero-order valence-electron chi connectivity index (χ0n) is 31.0. The van der Waals surface area contributed by atoms with Gasteiger partial charge in [0, 0.05) is 42.0 Å². The lowest BCUT2D eigenvalue weighted by atomic mass is 9.79. The Morgan fingerprint density at radius 3 is 2.04 bits per heavy atom. The van der Waals surface area contributed by atoms with E-state index in [9.17, 15) is 19.2 Å². The van der Waals surface area contributed by atoms with E-state index in [1.807, 2.05) is 17.0 Å². The summed E-state index contributed by atoms with van der Waals surface area (Å²) in [5.41, 5.74) is -1.33. The highest BCUT2D eigenvalue weighted by Gasteiger charge is 2.56. The molecule has 3 aliphatic rings. The van der Waals surface area contributed by atoms with Crippen molar-refractivity contribution in [2.24, 2.45) is 0 Å². The van der Waals surface area contributed by atoms with Crippen molar-refractivity contribution in [3.63, 3.8) is 0 Å². The van der Waals surface area contributed by atoms with Crippen molar-refractivity contribution in [1.82, 2.24) is 29.3 Å². The van der Waals surface area contributed by atoms with Crippen molar-refractivity contribution in [3.8, 4) is 0 Å². The van der Waals surface area contributed by atoms with Crippen LogP contribution in [-0.4, -0.2) is 97.8 Å². The second-order valence-corrected chi connectivity index (χ2v) is 16.0. The van der Waals surface area contributed by atoms with E-state index in [2.05, 4.69) is 29.3 Å². The van der Waals surface area contributed by atoms with Gasteiger partial charge < -0.3 is 24.6 Å². The number of amides is 4. The van der Waals surface area contributed by atoms with Crippen LogP contribution in [0.5, 0.6) is 0 Å². The molecule has 1 saturated carbocycles. The topological polar surface area (TPSA) is 142 Å². The molecule has 2 fully saturated rings. The van der Waals surface area contributed by atoms with Gasteiger partial charge in [0.2, 0.25) is 5.95 Å². The predicted molar refractivity (Wildman–Crippen MR) is 193 cm³/mol. The van der Waals surface area contributed by atoms with Crippen LogP contribution in [0.2, 0.25) is 0 Å². The van der Waals surface area contributed by atoms with Gasteiger partial charge in [-0.1, -0.05) is 19.3 Å². The molecule has 1 spiro atoms. The Kier molecular flexibility index (Phi) is 9.51. The third kappa shape index (κ3) is 7.23. The summed E-state index contributed by atoms with van der Waals surface area (Å²) in [6.07, 6.45) is 4.96. The first-order chi connectivity index (χ1) is 24.0. The third-order valence-corrected chi connectivity index (χ3v) is 9.64. The number of imide groups is 1. The van der Waals surface area contributed by atoms with Gasteiger partial charge in [0.25, 0.3) is 11.8 Å².